The van der Waals surface area contributed by atoms with Gasteiger partial charge in [0.1, 0.15) is 0 Å². The van der Waals surface area contributed by atoms with Crippen LogP contribution in [0.5, 0.6) is 0 Å². The molecule has 0 saturated carbocycles. The molecule has 1 N–H and O–H groups in total. The molecule has 0 spiro atoms. The van der Waals surface area contributed by atoms with Crippen molar-refractivity contribution in [1.29, 1.82) is 5.26 Å². The molecule has 0 aliphatic heterocycles. The van der Waals surface area contributed by atoms with E-state index >= 15 is 0 Å². The maximum Gasteiger partial charge on any atom is 0.0992 e. The summed E-state index contributed by atoms with van der Waals surface area (Å²) in [7, 11) is 1.83. The third-order valence-corrected chi connectivity index (χ3v) is 2.33. The van der Waals surface area contributed by atoms with Gasteiger partial charge in [0.25, 0.3) is 0 Å². The summed E-state index contributed by atoms with van der Waals surface area (Å²) < 4.78 is 1.69. The lowest BCUT2D eigenvalue weighted by Crippen LogP contribution is -1.87. The fraction of sp³-hybridized carbons (Fsp3) is 0.0833. The van der Waals surface area contributed by atoms with Crippen LogP contribution >= 0.6 is 0 Å². The average molecular weight is 226 g/mol. The van der Waals surface area contributed by atoms with E-state index in [4.69, 9.17) is 10.5 Å². The molecule has 0 aliphatic carbocycles. The van der Waals surface area contributed by atoms with Crippen LogP contribution in [0.3, 0.4) is 0 Å². The number of benzene rings is 1. The van der Waals surface area contributed by atoms with E-state index in [1.54, 1.807) is 23.0 Å². The van der Waals surface area contributed by atoms with Gasteiger partial charge in [0.05, 0.1) is 24.0 Å². The highest BCUT2D eigenvalue weighted by Gasteiger charge is 2.04. The third kappa shape index (κ3) is 2.32. The highest BCUT2D eigenvalue weighted by Crippen LogP contribution is 2.21. The van der Waals surface area contributed by atoms with Crippen LogP contribution in [0.4, 0.5) is 0 Å². The first-order valence-electron chi connectivity index (χ1n) is 4.94. The molecule has 84 valence electrons. The Kier molecular flexibility index (Phi) is 2.88. The van der Waals surface area contributed by atoms with Crippen LogP contribution in [0.15, 0.2) is 35.7 Å². The number of oxime groups is 1. The molecule has 0 radical (unpaired) electrons. The molecule has 2 rings (SSSR count). The highest BCUT2D eigenvalue weighted by atomic mass is 16.4. The Bertz CT molecular complexity index is 607. The first-order valence-corrected chi connectivity index (χ1v) is 4.94. The van der Waals surface area contributed by atoms with Crippen LogP contribution in [0.25, 0.3) is 11.1 Å². The molecule has 5 nitrogen and oxygen atoms in total. The van der Waals surface area contributed by atoms with E-state index in [1.165, 1.54) is 6.21 Å². The quantitative estimate of drug-likeness (QED) is 0.481. The van der Waals surface area contributed by atoms with Crippen molar-refractivity contribution in [3.05, 3.63) is 41.7 Å². The lowest BCUT2D eigenvalue weighted by molar-refractivity contribution is 0.322. The summed E-state index contributed by atoms with van der Waals surface area (Å²) in [6.45, 7) is 0. The lowest BCUT2D eigenvalue weighted by atomic mass is 10.0. The fourth-order valence-corrected chi connectivity index (χ4v) is 1.59. The van der Waals surface area contributed by atoms with E-state index in [-0.39, 0.29) is 0 Å². The van der Waals surface area contributed by atoms with Crippen LogP contribution in [0.2, 0.25) is 0 Å². The largest absolute Gasteiger partial charge is 0.411 e. The molecule has 2 aromatic rings. The van der Waals surface area contributed by atoms with Crippen LogP contribution in [-0.2, 0) is 7.05 Å². The standard InChI is InChI=1S/C12H10N4O/c1-16-8-12(7-14-16)11-3-9(5-13)2-10(4-11)6-15-17/h2-4,6-8,17H,1H3. The van der Waals surface area contributed by atoms with Gasteiger partial charge in [0.2, 0.25) is 0 Å². The Hall–Kier alpha value is -2.61. The monoisotopic (exact) mass is 226 g/mol. The summed E-state index contributed by atoms with van der Waals surface area (Å²) >= 11 is 0. The van der Waals surface area contributed by atoms with E-state index < -0.39 is 0 Å². The smallest absolute Gasteiger partial charge is 0.0992 e. The molecule has 0 saturated heterocycles. The second-order valence-electron chi connectivity index (χ2n) is 3.60. The first kappa shape index (κ1) is 10.9. The molecule has 0 aliphatic rings. The van der Waals surface area contributed by atoms with Crippen molar-refractivity contribution < 1.29 is 5.21 Å². The van der Waals surface area contributed by atoms with Crippen LogP contribution in [-0.4, -0.2) is 21.2 Å². The van der Waals surface area contributed by atoms with E-state index in [9.17, 15) is 0 Å². The molecule has 1 aromatic carbocycles. The minimum absolute atomic E-state index is 0.515. The SMILES string of the molecule is Cn1cc(-c2cc(C#N)cc(C=NO)c2)cn1. The number of hydrogen-bond donors (Lipinski definition) is 1. The lowest BCUT2D eigenvalue weighted by Gasteiger charge is -2.00. The van der Waals surface area contributed by atoms with Gasteiger partial charge in [-0.3, -0.25) is 4.68 Å². The first-order chi connectivity index (χ1) is 8.22. The summed E-state index contributed by atoms with van der Waals surface area (Å²) in [4.78, 5) is 0. The van der Waals surface area contributed by atoms with E-state index in [2.05, 4.69) is 16.3 Å². The average Bonchev–Trinajstić information content (AvgIpc) is 2.76. The van der Waals surface area contributed by atoms with Crippen molar-refractivity contribution in [2.45, 2.75) is 0 Å². The summed E-state index contributed by atoms with van der Waals surface area (Å²) in [5, 5.41) is 24.5. The van der Waals surface area contributed by atoms with Crippen LogP contribution < -0.4 is 0 Å². The van der Waals surface area contributed by atoms with Crippen LogP contribution in [0.1, 0.15) is 11.1 Å². The second-order valence-corrected chi connectivity index (χ2v) is 3.60. The van der Waals surface area contributed by atoms with Gasteiger partial charge in [-0.05, 0) is 29.3 Å². The molecule has 1 heterocycles. The molecule has 0 fully saturated rings. The summed E-state index contributed by atoms with van der Waals surface area (Å²) in [6, 6.07) is 7.33. The molecule has 1 aromatic heterocycles. The van der Waals surface area contributed by atoms with Gasteiger partial charge in [0, 0.05) is 18.8 Å². The van der Waals surface area contributed by atoms with Gasteiger partial charge in [-0.25, -0.2) is 0 Å². The van der Waals surface area contributed by atoms with Crippen molar-refractivity contribution >= 4 is 6.21 Å². The normalized spacial score (nSPS) is 10.6. The predicted octanol–water partition coefficient (Wildman–Crippen LogP) is 1.77. The zero-order valence-corrected chi connectivity index (χ0v) is 9.20. The van der Waals surface area contributed by atoms with Crippen LogP contribution in [0, 0.1) is 11.3 Å². The van der Waals surface area contributed by atoms with E-state index in [0.29, 0.717) is 11.1 Å². The number of rotatable bonds is 2. The third-order valence-electron chi connectivity index (χ3n) is 2.33. The number of aryl methyl sites for hydroxylation is 1. The molecule has 5 heteroatoms. The molecule has 0 unspecified atom stereocenters. The van der Waals surface area contributed by atoms with Gasteiger partial charge >= 0.3 is 0 Å². The van der Waals surface area contributed by atoms with Crippen molar-refractivity contribution in [3.8, 4) is 17.2 Å². The van der Waals surface area contributed by atoms with Gasteiger partial charge in [-0.1, -0.05) is 5.16 Å². The summed E-state index contributed by atoms with van der Waals surface area (Å²) in [5.41, 5.74) is 2.97. The zero-order valence-electron chi connectivity index (χ0n) is 9.20. The molecule has 0 amide bonds. The van der Waals surface area contributed by atoms with Crippen molar-refractivity contribution in [2.75, 3.05) is 0 Å². The molecule has 0 atom stereocenters. The minimum atomic E-state index is 0.515. The van der Waals surface area contributed by atoms with Gasteiger partial charge in [0.15, 0.2) is 0 Å². The Morgan fingerprint density at radius 3 is 2.82 bits per heavy atom. The fourth-order valence-electron chi connectivity index (χ4n) is 1.59. The summed E-state index contributed by atoms with van der Waals surface area (Å²) in [5.74, 6) is 0. The van der Waals surface area contributed by atoms with Gasteiger partial charge < -0.3 is 5.21 Å². The van der Waals surface area contributed by atoms with E-state index in [0.717, 1.165) is 11.1 Å². The predicted molar refractivity (Wildman–Crippen MR) is 62.7 cm³/mol. The maximum atomic E-state index is 8.93. The highest BCUT2D eigenvalue weighted by molar-refractivity contribution is 5.83. The Balaban J connectivity index is 2.54. The second kappa shape index (κ2) is 4.49. The maximum absolute atomic E-state index is 8.93. The van der Waals surface area contributed by atoms with Crippen molar-refractivity contribution in [1.82, 2.24) is 9.78 Å². The number of aromatic nitrogens is 2. The van der Waals surface area contributed by atoms with Gasteiger partial charge in [-0.15, -0.1) is 0 Å². The van der Waals surface area contributed by atoms with Crippen molar-refractivity contribution in [3.63, 3.8) is 0 Å². The number of nitrogens with zero attached hydrogens (tertiary/aromatic N) is 4. The Morgan fingerprint density at radius 1 is 1.41 bits per heavy atom. The summed E-state index contributed by atoms with van der Waals surface area (Å²) in [6.07, 6.45) is 4.87. The van der Waals surface area contributed by atoms with Crippen molar-refractivity contribution in [2.24, 2.45) is 12.2 Å². The van der Waals surface area contributed by atoms with E-state index in [1.807, 2.05) is 19.3 Å². The molecule has 0 bridgehead atoms. The van der Waals surface area contributed by atoms with Gasteiger partial charge in [-0.2, -0.15) is 10.4 Å². The Labute approximate surface area is 98.2 Å². The molecular formula is C12H10N4O. The zero-order chi connectivity index (χ0) is 12.3. The molecular weight excluding hydrogens is 216 g/mol. The Morgan fingerprint density at radius 2 is 2.24 bits per heavy atom. The topological polar surface area (TPSA) is 74.2 Å². The minimum Gasteiger partial charge on any atom is -0.411 e. The number of hydrogen-bond acceptors (Lipinski definition) is 4. The molecule has 17 heavy (non-hydrogen) atoms. The number of nitriles is 1.